The van der Waals surface area contributed by atoms with Crippen molar-refractivity contribution in [1.29, 1.82) is 0 Å². The van der Waals surface area contributed by atoms with Crippen molar-refractivity contribution in [1.82, 2.24) is 4.98 Å². The Bertz CT molecular complexity index is 1280. The first-order chi connectivity index (χ1) is 15.7. The normalized spacial score (nSPS) is 15.0. The van der Waals surface area contributed by atoms with Gasteiger partial charge in [0.25, 0.3) is 0 Å². The van der Waals surface area contributed by atoms with Gasteiger partial charge in [0.05, 0.1) is 30.9 Å². The van der Waals surface area contributed by atoms with Crippen LogP contribution >= 0.6 is 0 Å². The van der Waals surface area contributed by atoms with Crippen LogP contribution < -0.4 is 0 Å². The fourth-order valence-electron chi connectivity index (χ4n) is 3.99. The highest BCUT2D eigenvalue weighted by Gasteiger charge is 2.26. The Morgan fingerprint density at radius 1 is 1.03 bits per heavy atom. The molecule has 160 valence electrons. The molecule has 5 nitrogen and oxygen atoms in total. The Labute approximate surface area is 186 Å². The fourth-order valence-corrected chi connectivity index (χ4v) is 3.99. The molecule has 0 saturated heterocycles. The molecule has 1 aliphatic rings. The molecular weight excluding hydrogens is 402 g/mol. The lowest BCUT2D eigenvalue weighted by Gasteiger charge is -2.14. The molecule has 5 heteroatoms. The van der Waals surface area contributed by atoms with E-state index in [2.05, 4.69) is 12.1 Å². The van der Waals surface area contributed by atoms with Crippen LogP contribution in [0.4, 0.5) is 0 Å². The smallest absolute Gasteiger partial charge is 0.338 e. The summed E-state index contributed by atoms with van der Waals surface area (Å²) >= 11 is 0. The number of fused-ring (bicyclic) bond motifs is 2. The van der Waals surface area contributed by atoms with E-state index in [9.17, 15) is 4.79 Å². The van der Waals surface area contributed by atoms with Crippen molar-refractivity contribution >= 4 is 16.9 Å². The summed E-state index contributed by atoms with van der Waals surface area (Å²) in [5.41, 5.74) is 6.15. The third-order valence-corrected chi connectivity index (χ3v) is 5.51. The van der Waals surface area contributed by atoms with Crippen LogP contribution in [0.15, 0.2) is 78.9 Å². The van der Waals surface area contributed by atoms with E-state index in [-0.39, 0.29) is 5.97 Å². The number of esters is 1. The minimum absolute atomic E-state index is 0.320. The molecule has 4 aromatic rings. The summed E-state index contributed by atoms with van der Waals surface area (Å²) < 4.78 is 17.2. The van der Waals surface area contributed by atoms with Gasteiger partial charge in [0.2, 0.25) is 6.29 Å². The summed E-state index contributed by atoms with van der Waals surface area (Å²) in [5.74, 6) is -0.320. The quantitative estimate of drug-likeness (QED) is 0.364. The highest BCUT2D eigenvalue weighted by Crippen LogP contribution is 2.33. The minimum atomic E-state index is -0.495. The van der Waals surface area contributed by atoms with Crippen LogP contribution in [-0.2, 0) is 27.4 Å². The summed E-state index contributed by atoms with van der Waals surface area (Å²) in [6.45, 7) is 3.01. The van der Waals surface area contributed by atoms with Gasteiger partial charge in [0, 0.05) is 10.9 Å². The van der Waals surface area contributed by atoms with Crippen LogP contribution in [0.25, 0.3) is 22.0 Å². The predicted molar refractivity (Wildman–Crippen MR) is 122 cm³/mol. The molecule has 0 saturated carbocycles. The van der Waals surface area contributed by atoms with Crippen molar-refractivity contribution in [2.75, 3.05) is 6.61 Å². The number of carbonyl (C=O) groups is 1. The summed E-state index contributed by atoms with van der Waals surface area (Å²) in [5, 5.41) is 1.10. The van der Waals surface area contributed by atoms with Gasteiger partial charge in [-0.3, -0.25) is 0 Å². The maximum atomic E-state index is 12.4. The van der Waals surface area contributed by atoms with E-state index < -0.39 is 6.29 Å². The zero-order chi connectivity index (χ0) is 21.9. The number of hydrogen-bond donors (Lipinski definition) is 0. The van der Waals surface area contributed by atoms with E-state index in [0.717, 1.165) is 38.9 Å². The highest BCUT2D eigenvalue weighted by atomic mass is 16.7. The predicted octanol–water partition coefficient (Wildman–Crippen LogP) is 5.82. The van der Waals surface area contributed by atoms with E-state index in [4.69, 9.17) is 19.2 Å². The fraction of sp³-hybridized carbons (Fsp3) is 0.185. The van der Waals surface area contributed by atoms with Crippen molar-refractivity contribution in [3.63, 3.8) is 0 Å². The number of carbonyl (C=O) groups excluding carboxylic acids is 1. The van der Waals surface area contributed by atoms with Crippen LogP contribution in [-0.4, -0.2) is 17.6 Å². The third-order valence-electron chi connectivity index (χ3n) is 5.51. The molecule has 0 radical (unpaired) electrons. The van der Waals surface area contributed by atoms with Gasteiger partial charge in [-0.05, 0) is 47.9 Å². The Balaban J connectivity index is 1.36. The van der Waals surface area contributed by atoms with Crippen LogP contribution in [0, 0.1) is 0 Å². The molecule has 0 bridgehead atoms. The lowest BCUT2D eigenvalue weighted by molar-refractivity contribution is -0.147. The van der Waals surface area contributed by atoms with Crippen molar-refractivity contribution in [3.8, 4) is 11.1 Å². The number of rotatable bonds is 6. The van der Waals surface area contributed by atoms with E-state index in [0.29, 0.717) is 25.4 Å². The second-order valence-corrected chi connectivity index (χ2v) is 7.65. The minimum Gasteiger partial charge on any atom is -0.462 e. The Morgan fingerprint density at radius 3 is 2.78 bits per heavy atom. The summed E-state index contributed by atoms with van der Waals surface area (Å²) in [6.07, 6.45) is -0.495. The number of hydrogen-bond acceptors (Lipinski definition) is 5. The number of pyridine rings is 1. The summed E-state index contributed by atoms with van der Waals surface area (Å²) in [6, 6.07) is 25.6. The molecule has 1 unspecified atom stereocenters. The van der Waals surface area contributed by atoms with Crippen LogP contribution in [0.1, 0.15) is 40.4 Å². The van der Waals surface area contributed by atoms with Crippen LogP contribution in [0.2, 0.25) is 0 Å². The largest absolute Gasteiger partial charge is 0.462 e. The number of nitrogens with zero attached hydrogens (tertiary/aromatic N) is 1. The SMILES string of the molecule is CCOC(=O)c1ccccc1-c1cccc(COC2OCc3cc4ccccc4nc32)c1. The molecule has 0 amide bonds. The topological polar surface area (TPSA) is 57.7 Å². The highest BCUT2D eigenvalue weighted by molar-refractivity contribution is 5.97. The molecule has 0 spiro atoms. The molecule has 32 heavy (non-hydrogen) atoms. The van der Waals surface area contributed by atoms with Crippen molar-refractivity contribution < 1.29 is 19.0 Å². The van der Waals surface area contributed by atoms with Gasteiger partial charge in [-0.2, -0.15) is 0 Å². The first-order valence-corrected chi connectivity index (χ1v) is 10.7. The molecule has 0 fully saturated rings. The van der Waals surface area contributed by atoms with Crippen LogP contribution in [0.3, 0.4) is 0 Å². The number of ether oxygens (including phenoxy) is 3. The van der Waals surface area contributed by atoms with Crippen LogP contribution in [0.5, 0.6) is 0 Å². The lowest BCUT2D eigenvalue weighted by Crippen LogP contribution is -2.06. The zero-order valence-corrected chi connectivity index (χ0v) is 17.8. The van der Waals surface area contributed by atoms with Gasteiger partial charge in [-0.15, -0.1) is 0 Å². The van der Waals surface area contributed by atoms with E-state index >= 15 is 0 Å². The van der Waals surface area contributed by atoms with Crippen molar-refractivity contribution in [2.24, 2.45) is 0 Å². The number of benzene rings is 3. The summed E-state index contributed by atoms with van der Waals surface area (Å²) in [4.78, 5) is 17.1. The van der Waals surface area contributed by atoms with Gasteiger partial charge in [-0.25, -0.2) is 9.78 Å². The second-order valence-electron chi connectivity index (χ2n) is 7.65. The summed E-state index contributed by atoms with van der Waals surface area (Å²) in [7, 11) is 0. The molecule has 3 aromatic carbocycles. The number of aromatic nitrogens is 1. The third kappa shape index (κ3) is 4.00. The maximum absolute atomic E-state index is 12.4. The average Bonchev–Trinajstić information content (AvgIpc) is 3.23. The van der Waals surface area contributed by atoms with Crippen molar-refractivity contribution in [3.05, 3.63) is 101 Å². The van der Waals surface area contributed by atoms with E-state index in [1.165, 1.54) is 0 Å². The molecule has 5 rings (SSSR count). The monoisotopic (exact) mass is 425 g/mol. The van der Waals surface area contributed by atoms with Gasteiger partial charge in [-0.1, -0.05) is 54.6 Å². The lowest BCUT2D eigenvalue weighted by atomic mass is 9.98. The first-order valence-electron chi connectivity index (χ1n) is 10.7. The van der Waals surface area contributed by atoms with E-state index in [1.807, 2.05) is 60.7 Å². The van der Waals surface area contributed by atoms with Gasteiger partial charge in [0.15, 0.2) is 0 Å². The standard InChI is InChI=1S/C27H23NO4/c1-2-30-26(29)23-12-5-4-11-22(23)19-10-7-8-18(14-19)16-31-27-25-21(17-32-27)15-20-9-3-6-13-24(20)28-25/h3-15,27H,2,16-17H2,1H3. The molecule has 0 aliphatic carbocycles. The second kappa shape index (κ2) is 8.91. The molecule has 1 aromatic heterocycles. The number of para-hydroxylation sites is 1. The Hall–Kier alpha value is -3.54. The molecule has 2 heterocycles. The van der Waals surface area contributed by atoms with Crippen molar-refractivity contribution in [2.45, 2.75) is 26.4 Å². The molecule has 1 aliphatic heterocycles. The molecule has 1 atom stereocenters. The Morgan fingerprint density at radius 2 is 1.88 bits per heavy atom. The average molecular weight is 425 g/mol. The van der Waals surface area contributed by atoms with Gasteiger partial charge < -0.3 is 14.2 Å². The first kappa shape index (κ1) is 20.4. The van der Waals surface area contributed by atoms with Gasteiger partial charge in [0.1, 0.15) is 5.69 Å². The Kier molecular flexibility index (Phi) is 5.67. The van der Waals surface area contributed by atoms with E-state index in [1.54, 1.807) is 13.0 Å². The zero-order valence-electron chi connectivity index (χ0n) is 17.8. The molecular formula is C27H23NO4. The van der Waals surface area contributed by atoms with Gasteiger partial charge >= 0.3 is 5.97 Å². The maximum Gasteiger partial charge on any atom is 0.338 e. The molecule has 0 N–H and O–H groups in total.